The van der Waals surface area contributed by atoms with Crippen molar-refractivity contribution in [3.8, 4) is 0 Å². The van der Waals surface area contributed by atoms with Gasteiger partial charge in [0.25, 0.3) is 5.91 Å². The first-order chi connectivity index (χ1) is 9.11. The van der Waals surface area contributed by atoms with Gasteiger partial charge in [0.15, 0.2) is 0 Å². The van der Waals surface area contributed by atoms with E-state index in [0.717, 1.165) is 4.90 Å². The average Bonchev–Trinajstić information content (AvgIpc) is 2.41. The number of carbonyl (C=O) groups excluding carboxylic acids is 1. The summed E-state index contributed by atoms with van der Waals surface area (Å²) in [4.78, 5) is 13.1. The predicted octanol–water partition coefficient (Wildman–Crippen LogP) is 4.40. The number of carbonyl (C=O) groups is 1. The Morgan fingerprint density at radius 2 is 2.00 bits per heavy atom. The minimum absolute atomic E-state index is 0.186. The normalized spacial score (nSPS) is 10.3. The molecule has 98 valence electrons. The standard InChI is InChI=1S/C14H11FINOS/c1-19-13-5-3-2-4-10(13)14(18)17-12-7-6-9(15)8-11(12)16/h2-8H,1H3,(H,17,18). The summed E-state index contributed by atoms with van der Waals surface area (Å²) >= 11 is 3.52. The van der Waals surface area contributed by atoms with Gasteiger partial charge in [-0.1, -0.05) is 12.1 Å². The Bertz CT molecular complexity index is 618. The van der Waals surface area contributed by atoms with E-state index in [2.05, 4.69) is 5.32 Å². The van der Waals surface area contributed by atoms with Crippen LogP contribution in [-0.4, -0.2) is 12.2 Å². The maximum absolute atomic E-state index is 13.0. The third-order valence-corrected chi connectivity index (χ3v) is 4.22. The van der Waals surface area contributed by atoms with Gasteiger partial charge in [-0.15, -0.1) is 11.8 Å². The molecule has 0 heterocycles. The molecule has 0 atom stereocenters. The van der Waals surface area contributed by atoms with E-state index >= 15 is 0 Å². The number of hydrogen-bond donors (Lipinski definition) is 1. The Hall–Kier alpha value is -1.08. The van der Waals surface area contributed by atoms with Crippen molar-refractivity contribution in [3.05, 3.63) is 57.4 Å². The first-order valence-corrected chi connectivity index (χ1v) is 7.81. The summed E-state index contributed by atoms with van der Waals surface area (Å²) in [6.45, 7) is 0. The van der Waals surface area contributed by atoms with Gasteiger partial charge in [-0.25, -0.2) is 4.39 Å². The second-order valence-electron chi connectivity index (χ2n) is 3.78. The molecule has 1 N–H and O–H groups in total. The van der Waals surface area contributed by atoms with Crippen LogP contribution in [0.3, 0.4) is 0 Å². The van der Waals surface area contributed by atoms with Gasteiger partial charge >= 0.3 is 0 Å². The Morgan fingerprint density at radius 3 is 2.68 bits per heavy atom. The summed E-state index contributed by atoms with van der Waals surface area (Å²) in [5, 5.41) is 2.80. The number of benzene rings is 2. The molecule has 0 aromatic heterocycles. The van der Waals surface area contributed by atoms with Crippen molar-refractivity contribution < 1.29 is 9.18 Å². The van der Waals surface area contributed by atoms with Crippen LogP contribution in [0.15, 0.2) is 47.4 Å². The minimum Gasteiger partial charge on any atom is -0.321 e. The Morgan fingerprint density at radius 1 is 1.26 bits per heavy atom. The summed E-state index contributed by atoms with van der Waals surface area (Å²) in [5.74, 6) is -0.499. The first-order valence-electron chi connectivity index (χ1n) is 5.51. The van der Waals surface area contributed by atoms with Crippen LogP contribution < -0.4 is 5.32 Å². The summed E-state index contributed by atoms with van der Waals surface area (Å²) in [7, 11) is 0. The lowest BCUT2D eigenvalue weighted by molar-refractivity contribution is 0.102. The summed E-state index contributed by atoms with van der Waals surface area (Å²) < 4.78 is 13.7. The topological polar surface area (TPSA) is 29.1 Å². The van der Waals surface area contributed by atoms with Gasteiger partial charge < -0.3 is 5.32 Å². The number of hydrogen-bond acceptors (Lipinski definition) is 2. The van der Waals surface area contributed by atoms with Crippen LogP contribution in [-0.2, 0) is 0 Å². The van der Waals surface area contributed by atoms with Crippen molar-refractivity contribution in [2.45, 2.75) is 4.90 Å². The second kappa shape index (κ2) is 6.38. The molecule has 0 aliphatic heterocycles. The largest absolute Gasteiger partial charge is 0.321 e. The zero-order valence-corrected chi connectivity index (χ0v) is 13.1. The van der Waals surface area contributed by atoms with Crippen molar-refractivity contribution in [3.63, 3.8) is 0 Å². The maximum Gasteiger partial charge on any atom is 0.256 e. The molecule has 0 aliphatic rings. The highest BCUT2D eigenvalue weighted by Crippen LogP contribution is 2.23. The van der Waals surface area contributed by atoms with E-state index in [4.69, 9.17) is 0 Å². The van der Waals surface area contributed by atoms with E-state index in [0.29, 0.717) is 14.8 Å². The van der Waals surface area contributed by atoms with Crippen molar-refractivity contribution in [2.75, 3.05) is 11.6 Å². The highest BCUT2D eigenvalue weighted by atomic mass is 127. The molecule has 2 nitrogen and oxygen atoms in total. The molecule has 0 fully saturated rings. The van der Waals surface area contributed by atoms with Gasteiger partial charge in [-0.05, 0) is 59.2 Å². The van der Waals surface area contributed by atoms with E-state index in [1.54, 1.807) is 12.1 Å². The van der Waals surface area contributed by atoms with E-state index in [-0.39, 0.29) is 11.7 Å². The lowest BCUT2D eigenvalue weighted by Crippen LogP contribution is -2.13. The SMILES string of the molecule is CSc1ccccc1C(=O)Nc1ccc(F)cc1I. The molecule has 0 saturated heterocycles. The zero-order chi connectivity index (χ0) is 13.8. The third-order valence-electron chi connectivity index (χ3n) is 2.53. The van der Waals surface area contributed by atoms with Crippen LogP contribution in [0, 0.1) is 9.39 Å². The van der Waals surface area contributed by atoms with E-state index in [1.165, 1.54) is 23.9 Å². The highest BCUT2D eigenvalue weighted by Gasteiger charge is 2.12. The molecule has 0 saturated carbocycles. The highest BCUT2D eigenvalue weighted by molar-refractivity contribution is 14.1. The van der Waals surface area contributed by atoms with Crippen LogP contribution in [0.5, 0.6) is 0 Å². The monoisotopic (exact) mass is 387 g/mol. The number of amides is 1. The van der Waals surface area contributed by atoms with E-state index in [1.807, 2.05) is 47.0 Å². The average molecular weight is 387 g/mol. The van der Waals surface area contributed by atoms with E-state index in [9.17, 15) is 9.18 Å². The number of anilines is 1. The molecular formula is C14H11FINOS. The maximum atomic E-state index is 13.0. The fourth-order valence-corrected chi connectivity index (χ4v) is 2.82. The smallest absolute Gasteiger partial charge is 0.256 e. The van der Waals surface area contributed by atoms with Crippen molar-refractivity contribution in [1.82, 2.24) is 0 Å². The molecule has 5 heteroatoms. The molecule has 0 spiro atoms. The van der Waals surface area contributed by atoms with E-state index < -0.39 is 0 Å². The molecular weight excluding hydrogens is 376 g/mol. The summed E-state index contributed by atoms with van der Waals surface area (Å²) in [5.41, 5.74) is 1.23. The molecule has 2 rings (SSSR count). The molecule has 2 aromatic rings. The van der Waals surface area contributed by atoms with Gasteiger partial charge in [0.2, 0.25) is 0 Å². The molecule has 0 unspecified atom stereocenters. The molecule has 2 aromatic carbocycles. The Labute approximate surface area is 128 Å². The van der Waals surface area contributed by atoms with Gasteiger partial charge in [0, 0.05) is 8.47 Å². The van der Waals surface area contributed by atoms with Crippen LogP contribution in [0.2, 0.25) is 0 Å². The van der Waals surface area contributed by atoms with Gasteiger partial charge in [-0.2, -0.15) is 0 Å². The molecule has 1 amide bonds. The lowest BCUT2D eigenvalue weighted by atomic mass is 10.2. The molecule has 0 bridgehead atoms. The predicted molar refractivity (Wildman–Crippen MR) is 85.3 cm³/mol. The third kappa shape index (κ3) is 3.48. The first kappa shape index (κ1) is 14.3. The Balaban J connectivity index is 2.26. The van der Waals surface area contributed by atoms with Gasteiger partial charge in [-0.3, -0.25) is 4.79 Å². The number of rotatable bonds is 3. The van der Waals surface area contributed by atoms with Crippen LogP contribution in [0.25, 0.3) is 0 Å². The fourth-order valence-electron chi connectivity index (χ4n) is 1.61. The lowest BCUT2D eigenvalue weighted by Gasteiger charge is -2.10. The Kier molecular flexibility index (Phi) is 4.81. The van der Waals surface area contributed by atoms with Gasteiger partial charge in [0.1, 0.15) is 5.82 Å². The van der Waals surface area contributed by atoms with Crippen LogP contribution in [0.1, 0.15) is 10.4 Å². The second-order valence-corrected chi connectivity index (χ2v) is 5.79. The van der Waals surface area contributed by atoms with Crippen LogP contribution >= 0.6 is 34.4 Å². The zero-order valence-electron chi connectivity index (χ0n) is 10.1. The molecule has 0 radical (unpaired) electrons. The van der Waals surface area contributed by atoms with Crippen molar-refractivity contribution >= 4 is 45.9 Å². The number of thioether (sulfide) groups is 1. The van der Waals surface area contributed by atoms with Gasteiger partial charge in [0.05, 0.1) is 11.3 Å². The quantitative estimate of drug-likeness (QED) is 0.625. The minimum atomic E-state index is -0.313. The van der Waals surface area contributed by atoms with Crippen LogP contribution in [0.4, 0.5) is 10.1 Å². The summed E-state index contributed by atoms with van der Waals surface area (Å²) in [6.07, 6.45) is 1.92. The number of halogens is 2. The fraction of sp³-hybridized carbons (Fsp3) is 0.0714. The molecule has 19 heavy (non-hydrogen) atoms. The summed E-state index contributed by atoms with van der Waals surface area (Å²) in [6, 6.07) is 11.7. The number of nitrogens with one attached hydrogen (secondary N) is 1. The van der Waals surface area contributed by atoms with Crippen molar-refractivity contribution in [1.29, 1.82) is 0 Å². The van der Waals surface area contributed by atoms with Crippen molar-refractivity contribution in [2.24, 2.45) is 0 Å². The molecule has 0 aliphatic carbocycles.